The molecule has 2 rings (SSSR count). The molecule has 0 fully saturated rings. The van der Waals surface area contributed by atoms with Crippen LogP contribution in [0.2, 0.25) is 8.87 Å². The molecule has 2 aromatic rings. The van der Waals surface area contributed by atoms with E-state index in [2.05, 4.69) is 0 Å². The van der Waals surface area contributed by atoms with Crippen molar-refractivity contribution in [1.82, 2.24) is 0 Å². The van der Waals surface area contributed by atoms with Gasteiger partial charge < -0.3 is 0 Å². The average Bonchev–Trinajstić information content (AvgIpc) is 2.65. The predicted molar refractivity (Wildman–Crippen MR) is 109 cm³/mol. The molecule has 6 nitrogen and oxygen atoms in total. The fraction of sp³-hybridized carbons (Fsp3) is 0.300. The van der Waals surface area contributed by atoms with Crippen molar-refractivity contribution < 1.29 is 15.7 Å². The van der Waals surface area contributed by atoms with E-state index in [1.165, 1.54) is 0 Å². The summed E-state index contributed by atoms with van der Waals surface area (Å²) >= 11 is -3.95. The van der Waals surface area contributed by atoms with Gasteiger partial charge >= 0.3 is 165 Å². The molecule has 27 heavy (non-hydrogen) atoms. The average molecular weight is 477 g/mol. The Morgan fingerprint density at radius 3 is 1.48 bits per heavy atom. The summed E-state index contributed by atoms with van der Waals surface area (Å²) in [6, 6.07) is 10.0. The van der Waals surface area contributed by atoms with Gasteiger partial charge in [-0.15, -0.1) is 0 Å². The number of carbonyl (C=O) groups is 2. The molecule has 0 radical (unpaired) electrons. The Morgan fingerprint density at radius 2 is 1.19 bits per heavy atom. The third kappa shape index (κ3) is 4.94. The first-order valence-electron chi connectivity index (χ1n) is 8.90. The molecule has 0 saturated carbocycles. The van der Waals surface area contributed by atoms with E-state index in [1.807, 2.05) is 27.7 Å². The van der Waals surface area contributed by atoms with Gasteiger partial charge in [0.15, 0.2) is 0 Å². The molecule has 0 bridgehead atoms. The third-order valence-electron chi connectivity index (χ3n) is 4.66. The Morgan fingerprint density at radius 1 is 0.815 bits per heavy atom. The second-order valence-electron chi connectivity index (χ2n) is 6.54. The van der Waals surface area contributed by atoms with Gasteiger partial charge in [-0.2, -0.15) is 0 Å². The summed E-state index contributed by atoms with van der Waals surface area (Å²) in [5.74, 6) is -1.00. The van der Waals surface area contributed by atoms with Crippen LogP contribution in [0.4, 0.5) is 11.4 Å². The summed E-state index contributed by atoms with van der Waals surface area (Å²) in [5.41, 5.74) is 15.3. The molecule has 0 aromatic heterocycles. The Bertz CT molecular complexity index is 796. The van der Waals surface area contributed by atoms with Crippen LogP contribution in [-0.4, -0.2) is 31.1 Å². The maximum absolute atomic E-state index is 12.6. The van der Waals surface area contributed by atoms with E-state index in [0.717, 1.165) is 11.1 Å². The number of nitrogen functional groups attached to an aromatic ring is 2. The van der Waals surface area contributed by atoms with Crippen LogP contribution >= 0.6 is 0 Å². The normalized spacial score (nSPS) is 11.1. The van der Waals surface area contributed by atoms with Gasteiger partial charge in [0.25, 0.3) is 0 Å². The molecule has 0 spiro atoms. The Kier molecular flexibility index (Phi) is 6.75. The van der Waals surface area contributed by atoms with Crippen LogP contribution in [0, 0.1) is 13.8 Å². The molecule has 2 aromatic carbocycles. The van der Waals surface area contributed by atoms with E-state index in [-0.39, 0.29) is 0 Å². The minimum atomic E-state index is -3.95. The first-order chi connectivity index (χ1) is 12.7. The number of hydrogen-bond acceptors (Lipinski definition) is 6. The molecular weight excluding hydrogens is 451 g/mol. The van der Waals surface area contributed by atoms with Gasteiger partial charge in [0.2, 0.25) is 0 Å². The van der Waals surface area contributed by atoms with Crippen molar-refractivity contribution in [3.63, 3.8) is 0 Å². The SMILES string of the molecule is C[CH2][Sn]([CH2]C)([O]C(=O)c1ccc(C)c(N)c1)[O]C(=O)c1ccc(C)c(N)c1. The van der Waals surface area contributed by atoms with Crippen LogP contribution < -0.4 is 11.5 Å². The van der Waals surface area contributed by atoms with Gasteiger partial charge in [0.1, 0.15) is 0 Å². The molecular formula is C20H26N2O4Sn. The number of benzene rings is 2. The second-order valence-corrected chi connectivity index (χ2v) is 16.9. The number of hydrogen-bond donors (Lipinski definition) is 2. The van der Waals surface area contributed by atoms with Crippen molar-refractivity contribution in [2.45, 2.75) is 36.6 Å². The molecule has 0 aliphatic rings. The summed E-state index contributed by atoms with van der Waals surface area (Å²) in [6.45, 7) is 7.49. The number of aryl methyl sites for hydroxylation is 2. The third-order valence-corrected chi connectivity index (χ3v) is 14.0. The molecule has 0 unspecified atom stereocenters. The zero-order valence-electron chi connectivity index (χ0n) is 16.2. The summed E-state index contributed by atoms with van der Waals surface area (Å²) in [7, 11) is 0. The van der Waals surface area contributed by atoms with Crippen LogP contribution in [0.1, 0.15) is 45.7 Å². The van der Waals surface area contributed by atoms with Gasteiger partial charge in [-0.3, -0.25) is 0 Å². The Balaban J connectivity index is 2.22. The number of nitrogens with two attached hydrogens (primary N) is 2. The number of anilines is 2. The van der Waals surface area contributed by atoms with E-state index < -0.39 is 31.1 Å². The van der Waals surface area contributed by atoms with Crippen LogP contribution in [-0.2, 0) is 6.15 Å². The fourth-order valence-corrected chi connectivity index (χ4v) is 8.35. The number of carbonyl (C=O) groups excluding carboxylic acids is 2. The van der Waals surface area contributed by atoms with Crippen LogP contribution in [0.15, 0.2) is 36.4 Å². The maximum atomic E-state index is 12.6. The van der Waals surface area contributed by atoms with E-state index >= 15 is 0 Å². The molecule has 0 amide bonds. The van der Waals surface area contributed by atoms with Crippen LogP contribution in [0.25, 0.3) is 0 Å². The van der Waals surface area contributed by atoms with Crippen LogP contribution in [0.5, 0.6) is 0 Å². The van der Waals surface area contributed by atoms with E-state index in [0.29, 0.717) is 31.4 Å². The molecule has 4 N–H and O–H groups in total. The van der Waals surface area contributed by atoms with Gasteiger partial charge in [-0.25, -0.2) is 0 Å². The van der Waals surface area contributed by atoms with Crippen molar-refractivity contribution in [2.75, 3.05) is 11.5 Å². The summed E-state index contributed by atoms with van der Waals surface area (Å²) in [6.07, 6.45) is 0. The molecule has 0 aliphatic carbocycles. The van der Waals surface area contributed by atoms with Gasteiger partial charge in [-0.05, 0) is 0 Å². The van der Waals surface area contributed by atoms with Gasteiger partial charge in [0.05, 0.1) is 0 Å². The van der Waals surface area contributed by atoms with Crippen molar-refractivity contribution in [2.24, 2.45) is 0 Å². The quantitative estimate of drug-likeness (QED) is 0.482. The first kappa shape index (κ1) is 21.1. The fourth-order valence-electron chi connectivity index (χ4n) is 2.55. The summed E-state index contributed by atoms with van der Waals surface area (Å²) in [4.78, 5) is 25.2. The van der Waals surface area contributed by atoms with Crippen molar-refractivity contribution in [3.05, 3.63) is 58.7 Å². The molecule has 7 heteroatoms. The summed E-state index contributed by atoms with van der Waals surface area (Å²) in [5, 5.41) is 0. The topological polar surface area (TPSA) is 105 Å². The Hall–Kier alpha value is -2.22. The molecule has 144 valence electrons. The van der Waals surface area contributed by atoms with Crippen LogP contribution in [0.3, 0.4) is 0 Å². The van der Waals surface area contributed by atoms with Crippen molar-refractivity contribution in [3.8, 4) is 0 Å². The van der Waals surface area contributed by atoms with Gasteiger partial charge in [-0.1, -0.05) is 0 Å². The number of rotatable bonds is 6. The first-order valence-corrected chi connectivity index (χ1v) is 15.3. The van der Waals surface area contributed by atoms with E-state index in [1.54, 1.807) is 36.4 Å². The molecule has 0 atom stereocenters. The van der Waals surface area contributed by atoms with Crippen molar-refractivity contribution in [1.29, 1.82) is 0 Å². The standard InChI is InChI=1S/2C8H9NO2.2C2H5.Sn/c2*1-5-2-3-6(8(10)11)4-7(5)9;2*1-2;/h2*2-4H,9H2,1H3,(H,10,11);2*1H2,2H3;/q;;;;+2/p-2. The Labute approximate surface area is 164 Å². The zero-order chi connectivity index (χ0) is 20.2. The van der Waals surface area contributed by atoms with E-state index in [4.69, 9.17) is 17.6 Å². The molecule has 0 heterocycles. The minimum absolute atomic E-state index is 0.358. The summed E-state index contributed by atoms with van der Waals surface area (Å²) < 4.78 is 12.6. The molecule has 0 saturated heterocycles. The zero-order valence-corrected chi connectivity index (χ0v) is 19.0. The monoisotopic (exact) mass is 478 g/mol. The van der Waals surface area contributed by atoms with Crippen molar-refractivity contribution >= 4 is 42.5 Å². The predicted octanol–water partition coefficient (Wildman–Crippen LogP) is 3.96. The van der Waals surface area contributed by atoms with Gasteiger partial charge in [0, 0.05) is 0 Å². The van der Waals surface area contributed by atoms with E-state index in [9.17, 15) is 9.59 Å². The molecule has 0 aliphatic heterocycles. The second kappa shape index (κ2) is 8.64.